The van der Waals surface area contributed by atoms with Gasteiger partial charge in [0.25, 0.3) is 20.2 Å². The third-order valence-electron chi connectivity index (χ3n) is 12.0. The molecule has 1 heterocycles. The summed E-state index contributed by atoms with van der Waals surface area (Å²) in [5.41, 5.74) is 9.29. The summed E-state index contributed by atoms with van der Waals surface area (Å²) in [4.78, 5) is 30.0. The zero-order chi connectivity index (χ0) is 50.1. The lowest BCUT2D eigenvalue weighted by Crippen LogP contribution is -2.29. The second-order valence-electron chi connectivity index (χ2n) is 17.0. The zero-order valence-corrected chi connectivity index (χ0v) is 40.7. The summed E-state index contributed by atoms with van der Waals surface area (Å²) in [6.45, 7) is 11.6. The first-order valence-electron chi connectivity index (χ1n) is 22.1. The van der Waals surface area contributed by atoms with Gasteiger partial charge in [-0.2, -0.15) is 16.8 Å². The Kier molecular flexibility index (Phi) is 13.6. The Morgan fingerprint density at radius 1 is 0.557 bits per heavy atom. The van der Waals surface area contributed by atoms with Crippen LogP contribution in [0.2, 0.25) is 0 Å². The molecule has 0 bridgehead atoms. The van der Waals surface area contributed by atoms with E-state index in [1.165, 1.54) is 24.3 Å². The van der Waals surface area contributed by atoms with Crippen LogP contribution in [0, 0.1) is 41.5 Å². The van der Waals surface area contributed by atoms with E-state index in [4.69, 9.17) is 9.41 Å². The van der Waals surface area contributed by atoms with Gasteiger partial charge in [-0.1, -0.05) is 91.0 Å². The number of hydrogen-bond donors (Lipinski definition) is 7. The van der Waals surface area contributed by atoms with Crippen molar-refractivity contribution in [1.29, 1.82) is 0 Å². The van der Waals surface area contributed by atoms with Gasteiger partial charge in [0, 0.05) is 58.7 Å². The lowest BCUT2D eigenvalue weighted by molar-refractivity contribution is 0.251. The number of amides is 4. The fourth-order valence-electron chi connectivity index (χ4n) is 8.71. The smallest absolute Gasteiger partial charge is 0.319 e. The van der Waals surface area contributed by atoms with Crippen LogP contribution in [0.25, 0.3) is 33.4 Å². The highest BCUT2D eigenvalue weighted by Crippen LogP contribution is 2.44. The SMILES string of the molecule is Cc1cc(C)c(NC(=O)NCc2ccccc2)c(C)c1/N=c1/cc2oc3cc(Nc4c(C)cc(C)c(NC(=O)NCc5ccccc5)c4C)ccc3c(-c3ccccc3S(=O)(=O)O)c-2cc1S(=O)(=O)O. The second-order valence-corrected chi connectivity index (χ2v) is 19.8. The Morgan fingerprint density at radius 3 is 1.67 bits per heavy atom. The Labute approximate surface area is 405 Å². The van der Waals surface area contributed by atoms with Gasteiger partial charge in [-0.05, 0) is 110 Å². The molecule has 8 rings (SSSR count). The van der Waals surface area contributed by atoms with E-state index in [1.54, 1.807) is 44.2 Å². The van der Waals surface area contributed by atoms with Crippen LogP contribution in [0.15, 0.2) is 147 Å². The van der Waals surface area contributed by atoms with Gasteiger partial charge >= 0.3 is 12.1 Å². The van der Waals surface area contributed by atoms with E-state index in [9.17, 15) is 35.5 Å². The van der Waals surface area contributed by atoms with Crippen molar-refractivity contribution in [1.82, 2.24) is 10.6 Å². The van der Waals surface area contributed by atoms with E-state index in [0.29, 0.717) is 51.5 Å². The van der Waals surface area contributed by atoms with E-state index < -0.39 is 36.1 Å². The summed E-state index contributed by atoms with van der Waals surface area (Å²) < 4.78 is 80.4. The van der Waals surface area contributed by atoms with Crippen LogP contribution >= 0.6 is 0 Å². The number of carbonyl (C=O) groups is 2. The molecule has 1 aliphatic carbocycles. The average Bonchev–Trinajstić information content (AvgIpc) is 3.32. The first-order chi connectivity index (χ1) is 33.3. The number of anilines is 4. The first-order valence-corrected chi connectivity index (χ1v) is 24.9. The van der Waals surface area contributed by atoms with Crippen molar-refractivity contribution >= 4 is 71.7 Å². The fourth-order valence-corrected chi connectivity index (χ4v) is 10.0. The van der Waals surface area contributed by atoms with Gasteiger partial charge in [-0.3, -0.25) is 9.11 Å². The average molecular weight is 979 g/mol. The minimum absolute atomic E-state index is 0.0282. The van der Waals surface area contributed by atoms with E-state index in [2.05, 4.69) is 26.6 Å². The molecule has 2 aliphatic rings. The molecule has 358 valence electrons. The number of fused-ring (bicyclic) bond motifs is 2. The molecule has 0 spiro atoms. The fraction of sp³-hybridized carbons (Fsp3) is 0.151. The van der Waals surface area contributed by atoms with Crippen molar-refractivity contribution in [2.24, 2.45) is 4.99 Å². The van der Waals surface area contributed by atoms with Gasteiger partial charge in [0.15, 0.2) is 0 Å². The molecule has 17 heteroatoms. The van der Waals surface area contributed by atoms with Crippen molar-refractivity contribution in [3.8, 4) is 22.5 Å². The molecule has 6 aromatic carbocycles. The van der Waals surface area contributed by atoms with E-state index in [1.807, 2.05) is 94.4 Å². The van der Waals surface area contributed by atoms with Gasteiger partial charge in [0.1, 0.15) is 21.1 Å². The Morgan fingerprint density at radius 2 is 1.09 bits per heavy atom. The van der Waals surface area contributed by atoms with Gasteiger partial charge in [-0.25, -0.2) is 14.6 Å². The van der Waals surface area contributed by atoms with Crippen molar-refractivity contribution in [3.05, 3.63) is 177 Å². The van der Waals surface area contributed by atoms with Crippen LogP contribution in [-0.2, 0) is 33.3 Å². The van der Waals surface area contributed by atoms with Crippen LogP contribution in [-0.4, -0.2) is 38.0 Å². The van der Waals surface area contributed by atoms with Gasteiger partial charge in [0.05, 0.1) is 22.4 Å². The second kappa shape index (κ2) is 19.6. The Bertz CT molecular complexity index is 3640. The summed E-state index contributed by atoms with van der Waals surface area (Å²) in [7, 11) is -9.88. The zero-order valence-electron chi connectivity index (χ0n) is 39.1. The number of carbonyl (C=O) groups excluding carboxylic acids is 2. The number of nitrogens with zero attached hydrogens (tertiary/aromatic N) is 1. The van der Waals surface area contributed by atoms with Crippen molar-refractivity contribution in [3.63, 3.8) is 0 Å². The molecular weight excluding hydrogens is 929 g/mol. The summed E-state index contributed by atoms with van der Waals surface area (Å²) in [5.74, 6) is 0.0488. The predicted octanol–water partition coefficient (Wildman–Crippen LogP) is 11.2. The highest BCUT2D eigenvalue weighted by molar-refractivity contribution is 7.86. The standard InChI is InChI=1S/C53H50N6O9S2/c1-30-23-32(3)50(58-52(60)54-28-36-15-9-7-10-16-36)34(5)48(30)56-38-21-22-39-43(25-38)68-44-27-42(46(70(65,66)67)26-41(44)47(39)40-19-13-14-20-45(40)69(62,63)64)57-49-31(2)24-33(4)51(35(49)6)59-53(61)55-29-37-17-11-8-12-18-37/h7-27,56H,28-29H2,1-6H3,(H2,54,58,60)(H2,55,59,61)(H,62,63,64)(H,65,66,67)/b57-42-. The molecule has 4 amide bonds. The molecule has 6 aromatic rings. The number of rotatable bonds is 12. The topological polar surface area (TPSA) is 229 Å². The molecule has 0 fully saturated rings. The van der Waals surface area contributed by atoms with Gasteiger partial charge < -0.3 is 31.0 Å². The molecule has 0 atom stereocenters. The molecule has 0 unspecified atom stereocenters. The molecule has 0 aromatic heterocycles. The van der Waals surface area contributed by atoms with E-state index in [-0.39, 0.29) is 46.0 Å². The maximum absolute atomic E-state index is 13.3. The number of nitrogens with one attached hydrogen (secondary N) is 5. The number of aryl methyl sites for hydroxylation is 4. The van der Waals surface area contributed by atoms with E-state index >= 15 is 0 Å². The molecule has 1 aliphatic heterocycles. The summed E-state index contributed by atoms with van der Waals surface area (Å²) >= 11 is 0. The van der Waals surface area contributed by atoms with Crippen molar-refractivity contribution in [2.45, 2.75) is 64.4 Å². The largest absolute Gasteiger partial charge is 0.456 e. The Balaban J connectivity index is 1.26. The predicted molar refractivity (Wildman–Crippen MR) is 272 cm³/mol. The Hall–Kier alpha value is -7.83. The normalized spacial score (nSPS) is 12.0. The number of benzene rings is 7. The monoisotopic (exact) mass is 978 g/mol. The summed E-state index contributed by atoms with van der Waals surface area (Å²) in [5, 5.41) is 15.2. The highest BCUT2D eigenvalue weighted by atomic mass is 32.2. The van der Waals surface area contributed by atoms with Crippen LogP contribution < -0.4 is 31.9 Å². The first kappa shape index (κ1) is 48.6. The minimum Gasteiger partial charge on any atom is -0.456 e. The number of hydrogen-bond acceptors (Lipinski definition) is 9. The van der Waals surface area contributed by atoms with Gasteiger partial charge in [0.2, 0.25) is 0 Å². The molecule has 0 radical (unpaired) electrons. The third-order valence-corrected chi connectivity index (χ3v) is 13.8. The van der Waals surface area contributed by atoms with Crippen molar-refractivity contribution < 1.29 is 39.9 Å². The van der Waals surface area contributed by atoms with Crippen molar-refractivity contribution in [2.75, 3.05) is 16.0 Å². The van der Waals surface area contributed by atoms with E-state index in [0.717, 1.165) is 39.4 Å². The molecule has 7 N–H and O–H groups in total. The van der Waals surface area contributed by atoms with Crippen LogP contribution in [0.3, 0.4) is 0 Å². The number of urea groups is 2. The lowest BCUT2D eigenvalue weighted by atomic mass is 9.93. The molecule has 0 saturated carbocycles. The highest BCUT2D eigenvalue weighted by Gasteiger charge is 2.27. The molecular formula is C53H50N6O9S2. The van der Waals surface area contributed by atoms with Gasteiger partial charge in [-0.15, -0.1) is 0 Å². The molecule has 70 heavy (non-hydrogen) atoms. The van der Waals surface area contributed by atoms with Crippen LogP contribution in [0.1, 0.15) is 44.5 Å². The summed E-state index contributed by atoms with van der Waals surface area (Å²) in [6, 6.07) is 35.1. The minimum atomic E-state index is -5.04. The van der Waals surface area contributed by atoms with Crippen LogP contribution in [0.5, 0.6) is 0 Å². The molecule has 0 saturated heterocycles. The maximum atomic E-state index is 13.3. The quantitative estimate of drug-likeness (QED) is 0.0452. The maximum Gasteiger partial charge on any atom is 0.319 e. The van der Waals surface area contributed by atoms with Crippen LogP contribution in [0.4, 0.5) is 38.0 Å². The summed E-state index contributed by atoms with van der Waals surface area (Å²) in [6.07, 6.45) is 0. The third kappa shape index (κ3) is 10.4. The molecule has 15 nitrogen and oxygen atoms in total. The lowest BCUT2D eigenvalue weighted by Gasteiger charge is -2.21.